The van der Waals surface area contributed by atoms with Crippen LogP contribution in [0.15, 0.2) is 4.99 Å². The molecule has 1 fully saturated rings. The molecule has 0 spiro atoms. The van der Waals surface area contributed by atoms with Crippen LogP contribution < -0.4 is 11.1 Å². The highest BCUT2D eigenvalue weighted by Crippen LogP contribution is 2.28. The summed E-state index contributed by atoms with van der Waals surface area (Å²) in [4.78, 5) is 25.6. The summed E-state index contributed by atoms with van der Waals surface area (Å²) in [5.41, 5.74) is 5.23. The molecule has 82 valence electrons. The molecule has 15 heavy (non-hydrogen) atoms. The van der Waals surface area contributed by atoms with Crippen molar-refractivity contribution >= 4 is 17.6 Å². The minimum absolute atomic E-state index is 0.129. The zero-order chi connectivity index (χ0) is 11.1. The van der Waals surface area contributed by atoms with Crippen LogP contribution in [0.5, 0.6) is 0 Å². The molecular weight excluding hydrogens is 201 g/mol. The Labute approximate surface area is 85.9 Å². The van der Waals surface area contributed by atoms with Crippen LogP contribution in [0.2, 0.25) is 0 Å². The number of aliphatic imine (C=N–C) groups is 1. The van der Waals surface area contributed by atoms with Gasteiger partial charge < -0.3 is 11.1 Å². The molecule has 0 aromatic rings. The van der Waals surface area contributed by atoms with Crippen molar-refractivity contribution in [3.8, 4) is 0 Å². The van der Waals surface area contributed by atoms with Crippen LogP contribution in [0, 0.1) is 0 Å². The number of hydrogen-bond acceptors (Lipinski definition) is 3. The minimum Gasteiger partial charge on any atom is -0.319 e. The first-order chi connectivity index (χ1) is 7.03. The van der Waals surface area contributed by atoms with Crippen molar-refractivity contribution in [2.45, 2.75) is 37.4 Å². The molecule has 1 heterocycles. The lowest BCUT2D eigenvalue weighted by molar-refractivity contribution is -0.134. The molecule has 0 saturated heterocycles. The van der Waals surface area contributed by atoms with Crippen molar-refractivity contribution in [2.24, 2.45) is 10.7 Å². The second-order valence-corrected chi connectivity index (χ2v) is 4.01. The lowest BCUT2D eigenvalue weighted by Gasteiger charge is -2.28. The zero-order valence-corrected chi connectivity index (χ0v) is 8.12. The molecule has 1 unspecified atom stereocenters. The summed E-state index contributed by atoms with van der Waals surface area (Å²) < 4.78 is 12.8. The number of amidine groups is 1. The van der Waals surface area contributed by atoms with Gasteiger partial charge in [0.15, 0.2) is 0 Å². The molecule has 5 nitrogen and oxygen atoms in total. The van der Waals surface area contributed by atoms with Crippen molar-refractivity contribution in [3.05, 3.63) is 0 Å². The molecule has 0 radical (unpaired) electrons. The Hall–Kier alpha value is -1.30. The topological polar surface area (TPSA) is 84.5 Å². The molecule has 6 heteroatoms. The summed E-state index contributed by atoms with van der Waals surface area (Å²) in [6, 6.07) is 0. The van der Waals surface area contributed by atoms with Gasteiger partial charge in [0.1, 0.15) is 5.84 Å². The number of hydrogen-bond donors (Lipinski definition) is 2. The summed E-state index contributed by atoms with van der Waals surface area (Å²) >= 11 is 0. The van der Waals surface area contributed by atoms with Gasteiger partial charge in [-0.3, -0.25) is 9.59 Å². The standard InChI is InChI=1S/C9H12FN3O2/c10-5-6(14)12-8(13-7(5)15)9(11)3-1-2-4-9/h5H,1-4,11H2,(H,12,13,14,15). The zero-order valence-electron chi connectivity index (χ0n) is 8.12. The van der Waals surface area contributed by atoms with Crippen molar-refractivity contribution in [1.82, 2.24) is 5.32 Å². The van der Waals surface area contributed by atoms with Crippen LogP contribution >= 0.6 is 0 Å². The number of carbonyl (C=O) groups excluding carboxylic acids is 2. The number of alkyl halides is 1. The number of nitrogens with one attached hydrogen (secondary N) is 1. The quantitative estimate of drug-likeness (QED) is 0.584. The van der Waals surface area contributed by atoms with Crippen LogP contribution in [0.25, 0.3) is 0 Å². The normalized spacial score (nSPS) is 30.0. The van der Waals surface area contributed by atoms with Gasteiger partial charge in [-0.05, 0) is 12.8 Å². The van der Waals surface area contributed by atoms with Crippen molar-refractivity contribution in [3.63, 3.8) is 0 Å². The Kier molecular flexibility index (Phi) is 2.30. The first kappa shape index (κ1) is 10.2. The van der Waals surface area contributed by atoms with Gasteiger partial charge in [0, 0.05) is 0 Å². The highest BCUT2D eigenvalue weighted by molar-refractivity contribution is 6.19. The van der Waals surface area contributed by atoms with Gasteiger partial charge in [-0.25, -0.2) is 4.39 Å². The molecule has 1 atom stereocenters. The number of amides is 2. The Morgan fingerprint density at radius 1 is 1.40 bits per heavy atom. The molecule has 1 aliphatic carbocycles. The number of rotatable bonds is 1. The van der Waals surface area contributed by atoms with E-state index in [1.54, 1.807) is 0 Å². The average Bonchev–Trinajstić information content (AvgIpc) is 2.62. The molecule has 2 aliphatic rings. The molecular formula is C9H12FN3O2. The summed E-state index contributed by atoms with van der Waals surface area (Å²) in [5, 5.41) is 2.27. The maximum absolute atomic E-state index is 12.8. The monoisotopic (exact) mass is 213 g/mol. The van der Waals surface area contributed by atoms with Gasteiger partial charge in [-0.2, -0.15) is 4.99 Å². The fraction of sp³-hybridized carbons (Fsp3) is 0.667. The third kappa shape index (κ3) is 1.65. The van der Waals surface area contributed by atoms with Gasteiger partial charge in [0.25, 0.3) is 18.0 Å². The molecule has 1 saturated carbocycles. The Balaban J connectivity index is 2.27. The van der Waals surface area contributed by atoms with Crippen molar-refractivity contribution in [1.29, 1.82) is 0 Å². The number of carbonyl (C=O) groups is 2. The van der Waals surface area contributed by atoms with Crippen molar-refractivity contribution < 1.29 is 14.0 Å². The molecule has 0 aromatic carbocycles. The third-order valence-electron chi connectivity index (χ3n) is 2.88. The number of halogens is 1. The summed E-state index contributed by atoms with van der Waals surface area (Å²) in [7, 11) is 0. The van der Waals surface area contributed by atoms with Gasteiger partial charge in [-0.15, -0.1) is 0 Å². The smallest absolute Gasteiger partial charge is 0.291 e. The van der Waals surface area contributed by atoms with Crippen LogP contribution in [0.4, 0.5) is 4.39 Å². The van der Waals surface area contributed by atoms with Gasteiger partial charge in [0.2, 0.25) is 0 Å². The molecule has 2 rings (SSSR count). The molecule has 1 aliphatic heterocycles. The largest absolute Gasteiger partial charge is 0.319 e. The van der Waals surface area contributed by atoms with Crippen LogP contribution in [-0.2, 0) is 9.59 Å². The molecule has 2 amide bonds. The number of nitrogens with two attached hydrogens (primary N) is 1. The summed E-state index contributed by atoms with van der Waals surface area (Å²) in [5.74, 6) is -1.88. The predicted molar refractivity (Wildman–Crippen MR) is 50.9 cm³/mol. The average molecular weight is 213 g/mol. The fourth-order valence-corrected chi connectivity index (χ4v) is 1.97. The van der Waals surface area contributed by atoms with E-state index in [0.29, 0.717) is 12.8 Å². The van der Waals surface area contributed by atoms with Gasteiger partial charge in [-0.1, -0.05) is 12.8 Å². The van der Waals surface area contributed by atoms with E-state index in [4.69, 9.17) is 5.73 Å². The van der Waals surface area contributed by atoms with Gasteiger partial charge >= 0.3 is 0 Å². The minimum atomic E-state index is -2.18. The van der Waals surface area contributed by atoms with Crippen LogP contribution in [0.3, 0.4) is 0 Å². The van der Waals surface area contributed by atoms with E-state index in [1.807, 2.05) is 0 Å². The number of nitrogens with zero attached hydrogens (tertiary/aromatic N) is 1. The lowest BCUT2D eigenvalue weighted by Crippen LogP contribution is -2.58. The van der Waals surface area contributed by atoms with E-state index in [1.165, 1.54) is 0 Å². The van der Waals surface area contributed by atoms with Crippen LogP contribution in [-0.4, -0.2) is 29.4 Å². The van der Waals surface area contributed by atoms with E-state index < -0.39 is 23.5 Å². The third-order valence-corrected chi connectivity index (χ3v) is 2.88. The molecule has 3 N–H and O–H groups in total. The second-order valence-electron chi connectivity index (χ2n) is 4.01. The van der Waals surface area contributed by atoms with Gasteiger partial charge in [0.05, 0.1) is 5.54 Å². The van der Waals surface area contributed by atoms with E-state index in [-0.39, 0.29) is 5.84 Å². The highest BCUT2D eigenvalue weighted by Gasteiger charge is 2.41. The first-order valence-electron chi connectivity index (χ1n) is 4.90. The Morgan fingerprint density at radius 2 is 2.00 bits per heavy atom. The van der Waals surface area contributed by atoms with E-state index in [2.05, 4.69) is 10.3 Å². The highest BCUT2D eigenvalue weighted by atomic mass is 19.1. The van der Waals surface area contributed by atoms with E-state index >= 15 is 0 Å². The van der Waals surface area contributed by atoms with Crippen molar-refractivity contribution in [2.75, 3.05) is 0 Å². The Bertz CT molecular complexity index is 347. The van der Waals surface area contributed by atoms with E-state index in [9.17, 15) is 14.0 Å². The maximum atomic E-state index is 12.8. The Morgan fingerprint density at radius 3 is 2.53 bits per heavy atom. The lowest BCUT2D eigenvalue weighted by atomic mass is 9.96. The SMILES string of the molecule is NC1(C2=NC(=O)C(F)C(=O)N2)CCCC1. The maximum Gasteiger partial charge on any atom is 0.291 e. The summed E-state index contributed by atoms with van der Waals surface area (Å²) in [6.45, 7) is 0. The molecule has 0 bridgehead atoms. The van der Waals surface area contributed by atoms with Crippen LogP contribution in [0.1, 0.15) is 25.7 Å². The predicted octanol–water partition coefficient (Wildman–Crippen LogP) is -0.349. The summed E-state index contributed by atoms with van der Waals surface area (Å²) in [6.07, 6.45) is 1.00. The molecule has 0 aromatic heterocycles. The fourth-order valence-electron chi connectivity index (χ4n) is 1.97. The second kappa shape index (κ2) is 3.37. The first-order valence-corrected chi connectivity index (χ1v) is 4.90. The van der Waals surface area contributed by atoms with E-state index in [0.717, 1.165) is 12.8 Å².